The lowest BCUT2D eigenvalue weighted by atomic mass is 9.99. The molecule has 1 unspecified atom stereocenters. The molecule has 0 fully saturated rings. The molecule has 0 radical (unpaired) electrons. The third kappa shape index (κ3) is 3.92. The van der Waals surface area contributed by atoms with E-state index in [1.807, 2.05) is 50.2 Å². The molecule has 2 N–H and O–H groups in total. The molecule has 116 valence electrons. The summed E-state index contributed by atoms with van der Waals surface area (Å²) in [5, 5.41) is 11.8. The van der Waals surface area contributed by atoms with E-state index in [9.17, 15) is 4.79 Å². The van der Waals surface area contributed by atoms with Crippen LogP contribution in [0.15, 0.2) is 42.6 Å². The van der Waals surface area contributed by atoms with E-state index in [1.54, 1.807) is 6.20 Å². The summed E-state index contributed by atoms with van der Waals surface area (Å²) in [6.45, 7) is 4.04. The second-order valence-corrected chi connectivity index (χ2v) is 5.43. The summed E-state index contributed by atoms with van der Waals surface area (Å²) in [6, 6.07) is 11.5. The third-order valence-electron chi connectivity index (χ3n) is 3.69. The first-order chi connectivity index (χ1) is 10.6. The van der Waals surface area contributed by atoms with Gasteiger partial charge in [-0.3, -0.25) is 9.78 Å². The number of aliphatic hydroxyl groups is 1. The van der Waals surface area contributed by atoms with Gasteiger partial charge in [-0.25, -0.2) is 0 Å². The Morgan fingerprint density at radius 1 is 1.27 bits per heavy atom. The minimum Gasteiger partial charge on any atom is -0.396 e. The van der Waals surface area contributed by atoms with Gasteiger partial charge in [0.15, 0.2) is 0 Å². The van der Waals surface area contributed by atoms with Crippen molar-refractivity contribution in [1.29, 1.82) is 0 Å². The quantitative estimate of drug-likeness (QED) is 0.862. The highest BCUT2D eigenvalue weighted by atomic mass is 16.3. The molecule has 1 aromatic heterocycles. The fourth-order valence-corrected chi connectivity index (χ4v) is 2.45. The minimum absolute atomic E-state index is 0.0394. The van der Waals surface area contributed by atoms with Crippen LogP contribution in [0.2, 0.25) is 0 Å². The van der Waals surface area contributed by atoms with Gasteiger partial charge < -0.3 is 10.4 Å². The molecule has 0 aliphatic carbocycles. The number of benzene rings is 1. The number of hydrogen-bond donors (Lipinski definition) is 2. The Morgan fingerprint density at radius 2 is 2.09 bits per heavy atom. The molecule has 1 heterocycles. The Hall–Kier alpha value is -2.20. The van der Waals surface area contributed by atoms with Crippen molar-refractivity contribution < 1.29 is 9.90 Å². The van der Waals surface area contributed by atoms with E-state index in [0.29, 0.717) is 12.0 Å². The lowest BCUT2D eigenvalue weighted by molar-refractivity contribution is 0.0936. The second-order valence-electron chi connectivity index (χ2n) is 5.43. The molecule has 4 heteroatoms. The van der Waals surface area contributed by atoms with Gasteiger partial charge in [-0.15, -0.1) is 0 Å². The Kier molecular flexibility index (Phi) is 5.67. The number of amides is 1. The second kappa shape index (κ2) is 7.71. The molecule has 0 saturated heterocycles. The molecule has 1 aromatic carbocycles. The molecule has 0 bridgehead atoms. The lowest BCUT2D eigenvalue weighted by Crippen LogP contribution is -2.33. The van der Waals surface area contributed by atoms with E-state index in [4.69, 9.17) is 5.11 Å². The summed E-state index contributed by atoms with van der Waals surface area (Å²) in [6.07, 6.45) is 3.20. The van der Waals surface area contributed by atoms with Crippen LogP contribution in [0.1, 0.15) is 35.7 Å². The molecule has 0 aliphatic rings. The van der Waals surface area contributed by atoms with Crippen LogP contribution in [0.25, 0.3) is 11.3 Å². The smallest absolute Gasteiger partial charge is 0.251 e. The zero-order valence-electron chi connectivity index (χ0n) is 13.0. The number of nitrogens with one attached hydrogen (secondary N) is 1. The van der Waals surface area contributed by atoms with E-state index in [-0.39, 0.29) is 18.6 Å². The molecule has 0 aliphatic heterocycles. The number of hydrogen-bond acceptors (Lipinski definition) is 3. The van der Waals surface area contributed by atoms with Gasteiger partial charge in [-0.05, 0) is 50.5 Å². The highest BCUT2D eigenvalue weighted by molar-refractivity contribution is 5.97. The highest BCUT2D eigenvalue weighted by Crippen LogP contribution is 2.23. The van der Waals surface area contributed by atoms with Gasteiger partial charge in [-0.2, -0.15) is 0 Å². The number of rotatable bonds is 6. The average molecular weight is 298 g/mol. The summed E-state index contributed by atoms with van der Waals surface area (Å²) in [5.41, 5.74) is 3.42. The van der Waals surface area contributed by atoms with Crippen molar-refractivity contribution in [2.24, 2.45) is 0 Å². The first-order valence-corrected chi connectivity index (χ1v) is 7.56. The molecule has 2 rings (SSSR count). The van der Waals surface area contributed by atoms with E-state index >= 15 is 0 Å². The number of nitrogens with zero attached hydrogens (tertiary/aromatic N) is 1. The summed E-state index contributed by atoms with van der Waals surface area (Å²) in [4.78, 5) is 16.8. The Morgan fingerprint density at radius 3 is 2.77 bits per heavy atom. The summed E-state index contributed by atoms with van der Waals surface area (Å²) in [7, 11) is 0. The maximum Gasteiger partial charge on any atom is 0.251 e. The number of aliphatic hydroxyl groups excluding tert-OH is 1. The predicted molar refractivity (Wildman–Crippen MR) is 87.7 cm³/mol. The molecular weight excluding hydrogens is 276 g/mol. The Balaban J connectivity index is 2.20. The van der Waals surface area contributed by atoms with Gasteiger partial charge in [0, 0.05) is 30.0 Å². The fraction of sp³-hybridized carbons (Fsp3) is 0.333. The van der Waals surface area contributed by atoms with Crippen molar-refractivity contribution >= 4 is 5.91 Å². The van der Waals surface area contributed by atoms with Crippen LogP contribution in [0.3, 0.4) is 0 Å². The first kappa shape index (κ1) is 16.2. The van der Waals surface area contributed by atoms with Gasteiger partial charge in [0.2, 0.25) is 0 Å². The number of pyridine rings is 1. The van der Waals surface area contributed by atoms with Crippen LogP contribution in [0.5, 0.6) is 0 Å². The number of carbonyl (C=O) groups is 1. The van der Waals surface area contributed by atoms with Crippen molar-refractivity contribution in [2.45, 2.75) is 32.7 Å². The summed E-state index contributed by atoms with van der Waals surface area (Å²) < 4.78 is 0. The molecule has 2 aromatic rings. The molecular formula is C18H22N2O2. The topological polar surface area (TPSA) is 62.2 Å². The van der Waals surface area contributed by atoms with Crippen LogP contribution in [-0.2, 0) is 0 Å². The fourth-order valence-electron chi connectivity index (χ4n) is 2.45. The van der Waals surface area contributed by atoms with Crippen LogP contribution < -0.4 is 5.32 Å². The first-order valence-electron chi connectivity index (χ1n) is 7.56. The van der Waals surface area contributed by atoms with Crippen LogP contribution in [0.4, 0.5) is 0 Å². The van der Waals surface area contributed by atoms with Crippen molar-refractivity contribution in [3.8, 4) is 11.3 Å². The number of aromatic nitrogens is 1. The Bertz CT molecular complexity index is 626. The normalized spacial score (nSPS) is 12.0. The van der Waals surface area contributed by atoms with E-state index in [2.05, 4.69) is 10.3 Å². The predicted octanol–water partition coefficient (Wildman–Crippen LogP) is 2.95. The van der Waals surface area contributed by atoms with Gasteiger partial charge in [0.05, 0.1) is 5.69 Å². The largest absolute Gasteiger partial charge is 0.396 e. The number of carbonyl (C=O) groups excluding carboxylic acids is 1. The van der Waals surface area contributed by atoms with Crippen LogP contribution in [0, 0.1) is 6.92 Å². The standard InChI is InChI=1S/C18H22N2O2/c1-13(7-6-12-21)20-18(22)16-9-5-8-15(14(16)2)17-10-3-4-11-19-17/h3-5,8-11,13,21H,6-7,12H2,1-2H3,(H,20,22). The van der Waals surface area contributed by atoms with E-state index in [0.717, 1.165) is 23.2 Å². The van der Waals surface area contributed by atoms with Crippen LogP contribution >= 0.6 is 0 Å². The lowest BCUT2D eigenvalue weighted by Gasteiger charge is -2.15. The molecule has 1 atom stereocenters. The maximum atomic E-state index is 12.4. The molecule has 4 nitrogen and oxygen atoms in total. The zero-order valence-corrected chi connectivity index (χ0v) is 13.0. The monoisotopic (exact) mass is 298 g/mol. The SMILES string of the molecule is Cc1c(C(=O)NC(C)CCCO)cccc1-c1ccccn1. The summed E-state index contributed by atoms with van der Waals surface area (Å²) in [5.74, 6) is -0.0827. The van der Waals surface area contributed by atoms with Crippen molar-refractivity contribution in [3.05, 3.63) is 53.7 Å². The van der Waals surface area contributed by atoms with Gasteiger partial charge >= 0.3 is 0 Å². The average Bonchev–Trinajstić information content (AvgIpc) is 2.53. The zero-order chi connectivity index (χ0) is 15.9. The van der Waals surface area contributed by atoms with Crippen LogP contribution in [-0.4, -0.2) is 28.6 Å². The molecule has 0 spiro atoms. The molecule has 22 heavy (non-hydrogen) atoms. The van der Waals surface area contributed by atoms with E-state index in [1.165, 1.54) is 0 Å². The van der Waals surface area contributed by atoms with Gasteiger partial charge in [0.25, 0.3) is 5.91 Å². The summed E-state index contributed by atoms with van der Waals surface area (Å²) >= 11 is 0. The molecule has 0 saturated carbocycles. The minimum atomic E-state index is -0.0827. The van der Waals surface area contributed by atoms with Crippen molar-refractivity contribution in [2.75, 3.05) is 6.61 Å². The van der Waals surface area contributed by atoms with Gasteiger partial charge in [0.1, 0.15) is 0 Å². The van der Waals surface area contributed by atoms with Crippen molar-refractivity contribution in [1.82, 2.24) is 10.3 Å². The highest BCUT2D eigenvalue weighted by Gasteiger charge is 2.14. The Labute approximate surface area is 131 Å². The van der Waals surface area contributed by atoms with E-state index < -0.39 is 0 Å². The maximum absolute atomic E-state index is 12.4. The van der Waals surface area contributed by atoms with Crippen molar-refractivity contribution in [3.63, 3.8) is 0 Å². The molecule has 1 amide bonds. The van der Waals surface area contributed by atoms with Gasteiger partial charge in [-0.1, -0.05) is 18.2 Å². The third-order valence-corrected chi connectivity index (χ3v) is 3.69.